The Kier molecular flexibility index (Phi) is 8.12. The first-order valence-electron chi connectivity index (χ1n) is 12.1. The molecule has 188 valence electrons. The monoisotopic (exact) mass is 501 g/mol. The van der Waals surface area contributed by atoms with Gasteiger partial charge >= 0.3 is 6.03 Å². The Hall–Kier alpha value is -2.85. The second-order valence-corrected chi connectivity index (χ2v) is 10.5. The van der Waals surface area contributed by atoms with E-state index in [1.165, 1.54) is 30.4 Å². The van der Waals surface area contributed by atoms with Crippen molar-refractivity contribution < 1.29 is 18.8 Å². The number of hydrogen-bond donors (Lipinski definition) is 3. The van der Waals surface area contributed by atoms with Gasteiger partial charge in [0.1, 0.15) is 5.82 Å². The number of urea groups is 1. The molecule has 0 unspecified atom stereocenters. The average molecular weight is 502 g/mol. The summed E-state index contributed by atoms with van der Waals surface area (Å²) in [4.78, 5) is 43.8. The van der Waals surface area contributed by atoms with Crippen LogP contribution >= 0.6 is 11.3 Å². The van der Waals surface area contributed by atoms with Gasteiger partial charge in [0.15, 0.2) is 10.9 Å². The summed E-state index contributed by atoms with van der Waals surface area (Å²) in [7, 11) is 0. The van der Waals surface area contributed by atoms with Gasteiger partial charge in [0, 0.05) is 32.1 Å². The van der Waals surface area contributed by atoms with Gasteiger partial charge in [-0.05, 0) is 49.8 Å². The lowest BCUT2D eigenvalue weighted by Crippen LogP contribution is -2.57. The van der Waals surface area contributed by atoms with Crippen molar-refractivity contribution in [3.63, 3.8) is 0 Å². The Morgan fingerprint density at radius 3 is 2.69 bits per heavy atom. The quantitative estimate of drug-likeness (QED) is 0.504. The van der Waals surface area contributed by atoms with E-state index in [9.17, 15) is 18.8 Å². The van der Waals surface area contributed by atoms with Crippen molar-refractivity contribution in [3.8, 4) is 0 Å². The zero-order valence-corrected chi connectivity index (χ0v) is 20.9. The molecule has 1 aromatic heterocycles. The molecule has 0 bridgehead atoms. The molecule has 2 aliphatic rings. The van der Waals surface area contributed by atoms with E-state index in [0.717, 1.165) is 37.8 Å². The highest BCUT2D eigenvalue weighted by molar-refractivity contribution is 7.17. The third kappa shape index (κ3) is 6.85. The second kappa shape index (κ2) is 11.3. The van der Waals surface area contributed by atoms with Crippen molar-refractivity contribution in [1.29, 1.82) is 0 Å². The molecule has 1 aliphatic heterocycles. The molecule has 3 amide bonds. The number of rotatable bonds is 7. The number of aromatic nitrogens is 1. The van der Waals surface area contributed by atoms with Crippen LogP contribution in [0, 0.1) is 18.7 Å². The van der Waals surface area contributed by atoms with Crippen molar-refractivity contribution in [2.75, 3.05) is 25.0 Å². The number of anilines is 1. The number of halogens is 1. The minimum absolute atomic E-state index is 0.00220. The minimum atomic E-state index is -0.323. The molecule has 8 nitrogen and oxygen atoms in total. The Balaban J connectivity index is 1.34. The van der Waals surface area contributed by atoms with E-state index in [1.807, 2.05) is 0 Å². The number of nitrogens with zero attached hydrogens (tertiary/aromatic N) is 2. The highest BCUT2D eigenvalue weighted by atomic mass is 32.1. The topological polar surface area (TPSA) is 103 Å². The summed E-state index contributed by atoms with van der Waals surface area (Å²) in [6, 6.07) is 6.02. The highest BCUT2D eigenvalue weighted by Gasteiger charge is 2.32. The van der Waals surface area contributed by atoms with Crippen LogP contribution in [0.4, 0.5) is 14.3 Å². The van der Waals surface area contributed by atoms with Crippen LogP contribution in [0.1, 0.15) is 53.5 Å². The number of carbonyl (C=O) groups excluding carboxylic acids is 3. The van der Waals surface area contributed by atoms with Gasteiger partial charge in [-0.15, -0.1) is 0 Å². The molecule has 1 saturated heterocycles. The third-order valence-corrected chi connectivity index (χ3v) is 7.84. The molecule has 1 saturated carbocycles. The molecular weight excluding hydrogens is 469 g/mol. The second-order valence-electron chi connectivity index (χ2n) is 9.53. The van der Waals surface area contributed by atoms with E-state index >= 15 is 0 Å². The molecule has 3 atom stereocenters. The van der Waals surface area contributed by atoms with E-state index in [-0.39, 0.29) is 41.5 Å². The lowest BCUT2D eigenvalue weighted by molar-refractivity contribution is -0.125. The first kappa shape index (κ1) is 25.2. The fourth-order valence-corrected chi connectivity index (χ4v) is 5.94. The summed E-state index contributed by atoms with van der Waals surface area (Å²) in [6.07, 6.45) is 4.65. The molecule has 2 fully saturated rings. The number of benzene rings is 1. The lowest BCUT2D eigenvalue weighted by Gasteiger charge is -2.39. The van der Waals surface area contributed by atoms with E-state index in [2.05, 4.69) is 25.8 Å². The molecule has 0 spiro atoms. The molecule has 2 aromatic rings. The maximum atomic E-state index is 13.2. The number of hydrogen-bond acceptors (Lipinski definition) is 6. The van der Waals surface area contributed by atoms with Crippen LogP contribution in [0.15, 0.2) is 24.3 Å². The summed E-state index contributed by atoms with van der Waals surface area (Å²) in [6.45, 7) is 5.02. The molecular formula is C25H32FN5O3S. The highest BCUT2D eigenvalue weighted by Crippen LogP contribution is 2.27. The summed E-state index contributed by atoms with van der Waals surface area (Å²) >= 11 is 1.18. The lowest BCUT2D eigenvalue weighted by atomic mass is 9.84. The van der Waals surface area contributed by atoms with Crippen LogP contribution in [0.2, 0.25) is 0 Å². The largest absolute Gasteiger partial charge is 0.351 e. The van der Waals surface area contributed by atoms with E-state index in [0.29, 0.717) is 35.2 Å². The Bertz CT molecular complexity index is 1070. The maximum Gasteiger partial charge on any atom is 0.321 e. The van der Waals surface area contributed by atoms with E-state index in [1.54, 1.807) is 19.1 Å². The number of Topliss-reactive ketones (excluding diaryl/α,β-unsaturated/α-hetero) is 1. The van der Waals surface area contributed by atoms with Gasteiger partial charge in [-0.2, -0.15) is 0 Å². The van der Waals surface area contributed by atoms with E-state index in [4.69, 9.17) is 0 Å². The average Bonchev–Trinajstić information content (AvgIpc) is 3.16. The molecule has 35 heavy (non-hydrogen) atoms. The maximum absolute atomic E-state index is 13.2. The number of amides is 3. The van der Waals surface area contributed by atoms with Crippen LogP contribution in [0.3, 0.4) is 0 Å². The van der Waals surface area contributed by atoms with Crippen LogP contribution in [-0.2, 0) is 11.2 Å². The minimum Gasteiger partial charge on any atom is -0.351 e. The molecule has 1 aromatic carbocycles. The molecule has 10 heteroatoms. The molecule has 0 radical (unpaired) electrons. The summed E-state index contributed by atoms with van der Waals surface area (Å²) in [5.41, 5.74) is 1.60. The fourth-order valence-electron chi connectivity index (χ4n) is 5.08. The first-order valence-corrected chi connectivity index (χ1v) is 12.9. The predicted molar refractivity (Wildman–Crippen MR) is 133 cm³/mol. The standard InChI is InChI=1S/C25H32FN5O3S/c1-15-23(16(2)32)35-25(27-15)30-24(34)29-21-6-4-3-5-18(21)12-31-13-20(28-22(33)14-31)11-17-7-9-19(26)10-8-17/h7-10,18,20-21H,3-6,11-14H2,1-2H3,(H,28,33)(H2,27,29,30,34)/t18-,20-,21+/m0/s1. The third-order valence-electron chi connectivity index (χ3n) is 6.66. The number of carbonyl (C=O) groups is 3. The van der Waals surface area contributed by atoms with Crippen molar-refractivity contribution >= 4 is 34.2 Å². The first-order chi connectivity index (χ1) is 16.8. The summed E-state index contributed by atoms with van der Waals surface area (Å²) < 4.78 is 13.2. The van der Waals surface area contributed by atoms with Crippen molar-refractivity contribution in [2.24, 2.45) is 5.92 Å². The van der Waals surface area contributed by atoms with Crippen LogP contribution < -0.4 is 16.0 Å². The zero-order valence-electron chi connectivity index (χ0n) is 20.1. The normalized spacial score (nSPS) is 22.9. The molecule has 4 rings (SSSR count). The molecule has 1 aliphatic carbocycles. The summed E-state index contributed by atoms with van der Waals surface area (Å²) in [5.74, 6) is -0.115. The fraction of sp³-hybridized carbons (Fsp3) is 0.520. The Morgan fingerprint density at radius 1 is 1.23 bits per heavy atom. The Labute approximate surface area is 208 Å². The summed E-state index contributed by atoms with van der Waals surface area (Å²) in [5, 5.41) is 9.34. The van der Waals surface area contributed by atoms with Gasteiger partial charge < -0.3 is 10.6 Å². The molecule has 2 heterocycles. The predicted octanol–water partition coefficient (Wildman–Crippen LogP) is 3.52. The van der Waals surface area contributed by atoms with Gasteiger partial charge in [0.05, 0.1) is 17.1 Å². The van der Waals surface area contributed by atoms with Crippen LogP contribution in [0.5, 0.6) is 0 Å². The van der Waals surface area contributed by atoms with Gasteiger partial charge in [0.25, 0.3) is 0 Å². The van der Waals surface area contributed by atoms with Gasteiger partial charge in [-0.3, -0.25) is 19.8 Å². The smallest absolute Gasteiger partial charge is 0.321 e. The van der Waals surface area contributed by atoms with Crippen molar-refractivity contribution in [3.05, 3.63) is 46.2 Å². The number of aryl methyl sites for hydroxylation is 1. The zero-order chi connectivity index (χ0) is 24.9. The van der Waals surface area contributed by atoms with Crippen LogP contribution in [0.25, 0.3) is 0 Å². The van der Waals surface area contributed by atoms with Crippen molar-refractivity contribution in [1.82, 2.24) is 20.5 Å². The van der Waals surface area contributed by atoms with Gasteiger partial charge in [-0.25, -0.2) is 14.2 Å². The number of nitrogens with one attached hydrogen (secondary N) is 3. The number of piperazine rings is 1. The van der Waals surface area contributed by atoms with Gasteiger partial charge in [-0.1, -0.05) is 36.3 Å². The SMILES string of the molecule is CC(=O)c1sc(NC(=O)N[C@@H]2CCCC[C@H]2CN2CC(=O)N[C@@H](Cc3ccc(F)cc3)C2)nc1C. The van der Waals surface area contributed by atoms with Crippen molar-refractivity contribution in [2.45, 2.75) is 58.0 Å². The van der Waals surface area contributed by atoms with Gasteiger partial charge in [0.2, 0.25) is 5.91 Å². The Morgan fingerprint density at radius 2 is 1.97 bits per heavy atom. The van der Waals surface area contributed by atoms with Crippen LogP contribution in [-0.4, -0.2) is 59.3 Å². The molecule has 3 N–H and O–H groups in total. The van der Waals surface area contributed by atoms with E-state index < -0.39 is 0 Å². The number of thiazole rings is 1. The number of ketones is 1.